The van der Waals surface area contributed by atoms with Gasteiger partial charge < -0.3 is 10.2 Å². The number of benzene rings is 3. The molecule has 0 unspecified atom stereocenters. The van der Waals surface area contributed by atoms with Crippen LogP contribution in [0.15, 0.2) is 54.6 Å². The topological polar surface area (TPSA) is 49.4 Å². The van der Waals surface area contributed by atoms with Crippen LogP contribution in [0.5, 0.6) is 0 Å². The van der Waals surface area contributed by atoms with Crippen LogP contribution in [0.1, 0.15) is 35.7 Å². The SMILES string of the molecule is CCCCN1C(=O)c2cccc3c(NC(=O)Cc4ccc(F)cc4)ccc1c23. The number of hydrogen-bond acceptors (Lipinski definition) is 2. The van der Waals surface area contributed by atoms with Crippen molar-refractivity contribution in [1.29, 1.82) is 0 Å². The molecule has 5 heteroatoms. The molecule has 1 aliphatic heterocycles. The second-order valence-electron chi connectivity index (χ2n) is 7.02. The molecule has 0 saturated heterocycles. The molecule has 0 radical (unpaired) electrons. The Bertz CT molecular complexity index is 1060. The highest BCUT2D eigenvalue weighted by Gasteiger charge is 2.30. The summed E-state index contributed by atoms with van der Waals surface area (Å²) in [5, 5.41) is 4.69. The van der Waals surface area contributed by atoms with Crippen molar-refractivity contribution in [3.63, 3.8) is 0 Å². The summed E-state index contributed by atoms with van der Waals surface area (Å²) < 4.78 is 13.0. The summed E-state index contributed by atoms with van der Waals surface area (Å²) in [5.74, 6) is -0.489. The first-order valence-electron chi connectivity index (χ1n) is 9.50. The second kappa shape index (κ2) is 7.43. The Morgan fingerprint density at radius 3 is 2.61 bits per heavy atom. The van der Waals surface area contributed by atoms with Crippen LogP contribution in [0.25, 0.3) is 10.8 Å². The van der Waals surface area contributed by atoms with E-state index in [0.717, 1.165) is 34.9 Å². The molecule has 142 valence electrons. The van der Waals surface area contributed by atoms with E-state index in [1.54, 1.807) is 12.1 Å². The smallest absolute Gasteiger partial charge is 0.258 e. The molecule has 1 heterocycles. The second-order valence-corrected chi connectivity index (χ2v) is 7.02. The minimum Gasteiger partial charge on any atom is -0.325 e. The maximum atomic E-state index is 13.0. The van der Waals surface area contributed by atoms with Crippen LogP contribution >= 0.6 is 0 Å². The highest BCUT2D eigenvalue weighted by atomic mass is 19.1. The quantitative estimate of drug-likeness (QED) is 0.664. The number of halogens is 1. The first kappa shape index (κ1) is 18.2. The Labute approximate surface area is 163 Å². The molecule has 1 aliphatic rings. The lowest BCUT2D eigenvalue weighted by atomic mass is 10.0. The van der Waals surface area contributed by atoms with E-state index < -0.39 is 0 Å². The van der Waals surface area contributed by atoms with Gasteiger partial charge in [0.1, 0.15) is 5.82 Å². The standard InChI is InChI=1S/C23H21FN2O2/c1-2-3-13-26-20-12-11-19(17-5-4-6-18(22(17)20)23(26)28)25-21(27)14-15-7-9-16(24)10-8-15/h4-12H,2-3,13-14H2,1H3,(H,25,27). The van der Waals surface area contributed by atoms with Gasteiger partial charge in [0.15, 0.2) is 0 Å². The van der Waals surface area contributed by atoms with Crippen LogP contribution < -0.4 is 10.2 Å². The summed E-state index contributed by atoms with van der Waals surface area (Å²) in [4.78, 5) is 27.1. The predicted octanol–water partition coefficient (Wildman–Crippen LogP) is 4.92. The fourth-order valence-corrected chi connectivity index (χ4v) is 3.68. The van der Waals surface area contributed by atoms with Crippen molar-refractivity contribution in [1.82, 2.24) is 0 Å². The van der Waals surface area contributed by atoms with Gasteiger partial charge >= 0.3 is 0 Å². The Balaban J connectivity index is 1.63. The highest BCUT2D eigenvalue weighted by Crippen LogP contribution is 2.40. The summed E-state index contributed by atoms with van der Waals surface area (Å²) in [7, 11) is 0. The van der Waals surface area contributed by atoms with Crippen LogP contribution in [0, 0.1) is 5.82 Å². The van der Waals surface area contributed by atoms with Gasteiger partial charge in [0.05, 0.1) is 12.1 Å². The number of rotatable bonds is 6. The summed E-state index contributed by atoms with van der Waals surface area (Å²) in [5.41, 5.74) is 3.00. The van der Waals surface area contributed by atoms with Crippen molar-refractivity contribution in [2.45, 2.75) is 26.2 Å². The molecular formula is C23H21FN2O2. The van der Waals surface area contributed by atoms with Gasteiger partial charge in [0.2, 0.25) is 5.91 Å². The van der Waals surface area contributed by atoms with E-state index in [1.807, 2.05) is 35.2 Å². The number of carbonyl (C=O) groups excluding carboxylic acids is 2. The molecule has 0 bridgehead atoms. The number of nitrogens with one attached hydrogen (secondary N) is 1. The van der Waals surface area contributed by atoms with Crippen molar-refractivity contribution in [3.05, 3.63) is 71.5 Å². The molecule has 0 aromatic heterocycles. The van der Waals surface area contributed by atoms with Gasteiger partial charge in [-0.15, -0.1) is 0 Å². The minimum atomic E-state index is -0.325. The molecule has 2 amide bonds. The van der Waals surface area contributed by atoms with E-state index in [9.17, 15) is 14.0 Å². The Kier molecular flexibility index (Phi) is 4.82. The van der Waals surface area contributed by atoms with Crippen LogP contribution in [0.4, 0.5) is 15.8 Å². The normalized spacial score (nSPS) is 12.6. The van der Waals surface area contributed by atoms with Crippen LogP contribution in [-0.2, 0) is 11.2 Å². The summed E-state index contributed by atoms with van der Waals surface area (Å²) in [6.45, 7) is 2.79. The lowest BCUT2D eigenvalue weighted by Crippen LogP contribution is -2.27. The maximum Gasteiger partial charge on any atom is 0.258 e. The molecular weight excluding hydrogens is 355 g/mol. The predicted molar refractivity (Wildman–Crippen MR) is 109 cm³/mol. The first-order chi connectivity index (χ1) is 13.6. The summed E-state index contributed by atoms with van der Waals surface area (Å²) >= 11 is 0. The van der Waals surface area contributed by atoms with Gasteiger partial charge in [-0.05, 0) is 42.3 Å². The van der Waals surface area contributed by atoms with E-state index in [0.29, 0.717) is 17.8 Å². The van der Waals surface area contributed by atoms with Crippen LogP contribution in [-0.4, -0.2) is 18.4 Å². The van der Waals surface area contributed by atoms with Gasteiger partial charge in [-0.2, -0.15) is 0 Å². The first-order valence-corrected chi connectivity index (χ1v) is 9.50. The minimum absolute atomic E-state index is 0.0174. The molecule has 3 aromatic rings. The number of carbonyl (C=O) groups is 2. The molecule has 0 spiro atoms. The van der Waals surface area contributed by atoms with E-state index in [4.69, 9.17) is 0 Å². The average molecular weight is 376 g/mol. The molecule has 1 N–H and O–H groups in total. The molecule has 0 atom stereocenters. The lowest BCUT2D eigenvalue weighted by Gasteiger charge is -2.17. The molecule has 0 saturated carbocycles. The summed E-state index contributed by atoms with van der Waals surface area (Å²) in [6, 6.07) is 15.3. The molecule has 4 nitrogen and oxygen atoms in total. The van der Waals surface area contributed by atoms with E-state index in [1.165, 1.54) is 12.1 Å². The molecule has 0 fully saturated rings. The third kappa shape index (κ3) is 3.24. The monoisotopic (exact) mass is 376 g/mol. The molecule has 3 aromatic carbocycles. The number of amides is 2. The van der Waals surface area contributed by atoms with Gasteiger partial charge in [-0.25, -0.2) is 4.39 Å². The third-order valence-electron chi connectivity index (χ3n) is 5.07. The van der Waals surface area contributed by atoms with E-state index >= 15 is 0 Å². The fourth-order valence-electron chi connectivity index (χ4n) is 3.68. The number of nitrogens with zero attached hydrogens (tertiary/aromatic N) is 1. The number of anilines is 2. The fraction of sp³-hybridized carbons (Fsp3) is 0.217. The third-order valence-corrected chi connectivity index (χ3v) is 5.07. The molecule has 0 aliphatic carbocycles. The molecule has 28 heavy (non-hydrogen) atoms. The Morgan fingerprint density at radius 2 is 1.86 bits per heavy atom. The van der Waals surface area contributed by atoms with Crippen molar-refractivity contribution in [2.75, 3.05) is 16.8 Å². The lowest BCUT2D eigenvalue weighted by molar-refractivity contribution is -0.115. The maximum absolute atomic E-state index is 13.0. The van der Waals surface area contributed by atoms with Crippen LogP contribution in [0.2, 0.25) is 0 Å². The zero-order valence-electron chi connectivity index (χ0n) is 15.7. The van der Waals surface area contributed by atoms with Gasteiger partial charge in [-0.3, -0.25) is 9.59 Å². The number of unbranched alkanes of at least 4 members (excludes halogenated alkanes) is 1. The summed E-state index contributed by atoms with van der Waals surface area (Å²) in [6.07, 6.45) is 2.11. The number of hydrogen-bond donors (Lipinski definition) is 1. The van der Waals surface area contributed by atoms with Crippen LogP contribution in [0.3, 0.4) is 0 Å². The largest absolute Gasteiger partial charge is 0.325 e. The van der Waals surface area contributed by atoms with Gasteiger partial charge in [0, 0.05) is 28.6 Å². The van der Waals surface area contributed by atoms with Gasteiger partial charge in [0.25, 0.3) is 5.91 Å². The van der Waals surface area contributed by atoms with Gasteiger partial charge in [-0.1, -0.05) is 37.6 Å². The van der Waals surface area contributed by atoms with Crippen molar-refractivity contribution >= 4 is 34.0 Å². The zero-order chi connectivity index (χ0) is 19.7. The highest BCUT2D eigenvalue weighted by molar-refractivity contribution is 6.27. The Hall–Kier alpha value is -3.21. The van der Waals surface area contributed by atoms with Crippen molar-refractivity contribution in [3.8, 4) is 0 Å². The molecule has 4 rings (SSSR count). The Morgan fingerprint density at radius 1 is 1.07 bits per heavy atom. The average Bonchev–Trinajstić information content (AvgIpc) is 2.97. The van der Waals surface area contributed by atoms with E-state index in [-0.39, 0.29) is 24.1 Å². The van der Waals surface area contributed by atoms with Crippen molar-refractivity contribution in [2.24, 2.45) is 0 Å². The zero-order valence-corrected chi connectivity index (χ0v) is 15.7. The van der Waals surface area contributed by atoms with E-state index in [2.05, 4.69) is 12.2 Å². The van der Waals surface area contributed by atoms with Crippen molar-refractivity contribution < 1.29 is 14.0 Å².